The summed E-state index contributed by atoms with van der Waals surface area (Å²) in [5.41, 5.74) is 0.430. The van der Waals surface area contributed by atoms with Crippen molar-refractivity contribution in [3.8, 4) is 0 Å². The molecule has 1 atom stereocenters. The van der Waals surface area contributed by atoms with Crippen LogP contribution in [-0.2, 0) is 9.53 Å². The van der Waals surface area contributed by atoms with Crippen molar-refractivity contribution >= 4 is 11.7 Å². The van der Waals surface area contributed by atoms with Crippen molar-refractivity contribution in [2.45, 2.75) is 38.2 Å². The molecule has 1 aromatic carbocycles. The van der Waals surface area contributed by atoms with Crippen LogP contribution in [-0.4, -0.2) is 30.9 Å². The van der Waals surface area contributed by atoms with Crippen LogP contribution >= 0.6 is 0 Å². The van der Waals surface area contributed by atoms with Gasteiger partial charge in [-0.15, -0.1) is 0 Å². The van der Waals surface area contributed by atoms with E-state index in [1.54, 1.807) is 0 Å². The fourth-order valence-electron chi connectivity index (χ4n) is 2.29. The number of ketones is 1. The van der Waals surface area contributed by atoms with Gasteiger partial charge < -0.3 is 10.1 Å². The van der Waals surface area contributed by atoms with E-state index in [4.69, 9.17) is 4.74 Å². The Morgan fingerprint density at radius 2 is 1.95 bits per heavy atom. The van der Waals surface area contributed by atoms with Crippen LogP contribution in [0.3, 0.4) is 0 Å². The first-order valence-corrected chi connectivity index (χ1v) is 7.32. The Labute approximate surface area is 123 Å². The predicted octanol–water partition coefficient (Wildman–Crippen LogP) is 2.47. The van der Waals surface area contributed by atoms with Crippen molar-refractivity contribution in [1.29, 1.82) is 0 Å². The maximum absolute atomic E-state index is 12.8. The first-order valence-electron chi connectivity index (χ1n) is 7.32. The average Bonchev–Trinajstić information content (AvgIpc) is 2.52. The smallest absolute Gasteiger partial charge is 0.220 e. The number of Topliss-reactive ketones (excluding diaryl/α,β-unsaturated/α-hetero) is 1. The van der Waals surface area contributed by atoms with Gasteiger partial charge in [-0.2, -0.15) is 0 Å². The lowest BCUT2D eigenvalue weighted by atomic mass is 10.1. The van der Waals surface area contributed by atoms with Gasteiger partial charge in [0.1, 0.15) is 5.82 Å². The zero-order chi connectivity index (χ0) is 15.1. The molecule has 4 nitrogen and oxygen atoms in total. The minimum atomic E-state index is -0.378. The van der Waals surface area contributed by atoms with Crippen molar-refractivity contribution < 1.29 is 18.7 Å². The summed E-state index contributed by atoms with van der Waals surface area (Å²) < 4.78 is 18.3. The highest BCUT2D eigenvalue weighted by Gasteiger charge is 2.15. The highest BCUT2D eigenvalue weighted by Crippen LogP contribution is 2.12. The van der Waals surface area contributed by atoms with Crippen LogP contribution in [0, 0.1) is 5.82 Å². The van der Waals surface area contributed by atoms with E-state index >= 15 is 0 Å². The van der Waals surface area contributed by atoms with Gasteiger partial charge in [0.05, 0.1) is 6.10 Å². The molecule has 1 aliphatic rings. The van der Waals surface area contributed by atoms with E-state index in [-0.39, 0.29) is 36.5 Å². The van der Waals surface area contributed by atoms with E-state index in [0.29, 0.717) is 12.1 Å². The summed E-state index contributed by atoms with van der Waals surface area (Å²) >= 11 is 0. The lowest BCUT2D eigenvalue weighted by Gasteiger charge is -2.22. The molecule has 1 fully saturated rings. The Bertz CT molecular complexity index is 481. The molecule has 5 heteroatoms. The predicted molar refractivity (Wildman–Crippen MR) is 76.6 cm³/mol. The number of halogens is 1. The number of hydrogen-bond acceptors (Lipinski definition) is 3. The molecule has 0 aliphatic carbocycles. The van der Waals surface area contributed by atoms with Crippen LogP contribution in [0.15, 0.2) is 24.3 Å². The normalized spacial score (nSPS) is 18.2. The number of hydrogen-bond donors (Lipinski definition) is 1. The first-order chi connectivity index (χ1) is 10.1. The minimum absolute atomic E-state index is 0.0931. The third-order valence-electron chi connectivity index (χ3n) is 3.55. The van der Waals surface area contributed by atoms with Crippen LogP contribution < -0.4 is 5.32 Å². The minimum Gasteiger partial charge on any atom is -0.376 e. The summed E-state index contributed by atoms with van der Waals surface area (Å²) in [5.74, 6) is -0.685. The van der Waals surface area contributed by atoms with E-state index in [9.17, 15) is 14.0 Å². The maximum atomic E-state index is 12.8. The zero-order valence-electron chi connectivity index (χ0n) is 11.9. The van der Waals surface area contributed by atoms with Gasteiger partial charge in [-0.3, -0.25) is 9.59 Å². The Hall–Kier alpha value is -1.75. The topological polar surface area (TPSA) is 55.4 Å². The van der Waals surface area contributed by atoms with Gasteiger partial charge in [0.2, 0.25) is 5.91 Å². The second kappa shape index (κ2) is 7.88. The van der Waals surface area contributed by atoms with Crippen LogP contribution in [0.2, 0.25) is 0 Å². The zero-order valence-corrected chi connectivity index (χ0v) is 11.9. The molecule has 1 amide bonds. The quantitative estimate of drug-likeness (QED) is 0.820. The van der Waals surface area contributed by atoms with Gasteiger partial charge in [0.25, 0.3) is 0 Å². The summed E-state index contributed by atoms with van der Waals surface area (Å²) in [6.45, 7) is 1.26. The van der Waals surface area contributed by atoms with Gasteiger partial charge in [-0.05, 0) is 43.5 Å². The number of rotatable bonds is 6. The molecule has 1 saturated heterocycles. The highest BCUT2D eigenvalue weighted by molar-refractivity contribution is 5.97. The lowest BCUT2D eigenvalue weighted by molar-refractivity contribution is -0.122. The Morgan fingerprint density at radius 3 is 2.62 bits per heavy atom. The van der Waals surface area contributed by atoms with Gasteiger partial charge in [-0.25, -0.2) is 4.39 Å². The monoisotopic (exact) mass is 293 g/mol. The van der Waals surface area contributed by atoms with Gasteiger partial charge in [0, 0.05) is 31.6 Å². The second-order valence-corrected chi connectivity index (χ2v) is 5.22. The number of nitrogens with one attached hydrogen (secondary N) is 1. The molecule has 1 heterocycles. The van der Waals surface area contributed by atoms with Gasteiger partial charge in [-0.1, -0.05) is 0 Å². The molecule has 0 radical (unpaired) electrons. The fourth-order valence-corrected chi connectivity index (χ4v) is 2.29. The van der Waals surface area contributed by atoms with E-state index < -0.39 is 0 Å². The molecular weight excluding hydrogens is 273 g/mol. The Kier molecular flexibility index (Phi) is 5.87. The third kappa shape index (κ3) is 5.27. The van der Waals surface area contributed by atoms with Crippen LogP contribution in [0.4, 0.5) is 4.39 Å². The number of amides is 1. The SMILES string of the molecule is O=C(CCC(=O)c1ccc(F)cc1)NC[C@H]1CCCCO1. The molecule has 0 bridgehead atoms. The van der Waals surface area contributed by atoms with E-state index in [0.717, 1.165) is 25.9 Å². The molecule has 0 spiro atoms. The summed E-state index contributed by atoms with van der Waals surface area (Å²) in [6.07, 6.45) is 3.54. The molecule has 0 aromatic heterocycles. The molecule has 0 saturated carbocycles. The third-order valence-corrected chi connectivity index (χ3v) is 3.55. The molecular formula is C16H20FNO3. The van der Waals surface area contributed by atoms with E-state index in [1.165, 1.54) is 24.3 Å². The van der Waals surface area contributed by atoms with E-state index in [2.05, 4.69) is 5.32 Å². The van der Waals surface area contributed by atoms with Crippen molar-refractivity contribution in [3.05, 3.63) is 35.6 Å². The van der Waals surface area contributed by atoms with Crippen molar-refractivity contribution in [1.82, 2.24) is 5.32 Å². The van der Waals surface area contributed by atoms with Gasteiger partial charge in [0.15, 0.2) is 5.78 Å². The van der Waals surface area contributed by atoms with E-state index in [1.807, 2.05) is 0 Å². The number of carbonyl (C=O) groups is 2. The Balaban J connectivity index is 1.68. The van der Waals surface area contributed by atoms with Crippen LogP contribution in [0.1, 0.15) is 42.5 Å². The summed E-state index contributed by atoms with van der Waals surface area (Å²) in [6, 6.07) is 5.36. The summed E-state index contributed by atoms with van der Waals surface area (Å²) in [5, 5.41) is 2.79. The molecule has 2 rings (SSSR count). The molecule has 114 valence electrons. The van der Waals surface area contributed by atoms with Crippen molar-refractivity contribution in [2.24, 2.45) is 0 Å². The van der Waals surface area contributed by atoms with Crippen LogP contribution in [0.25, 0.3) is 0 Å². The summed E-state index contributed by atoms with van der Waals surface area (Å²) in [4.78, 5) is 23.5. The molecule has 0 unspecified atom stereocenters. The van der Waals surface area contributed by atoms with Crippen LogP contribution in [0.5, 0.6) is 0 Å². The number of carbonyl (C=O) groups excluding carboxylic acids is 2. The molecule has 1 N–H and O–H groups in total. The lowest BCUT2D eigenvalue weighted by Crippen LogP contribution is -2.35. The van der Waals surface area contributed by atoms with Crippen molar-refractivity contribution in [3.63, 3.8) is 0 Å². The maximum Gasteiger partial charge on any atom is 0.220 e. The highest BCUT2D eigenvalue weighted by atomic mass is 19.1. The van der Waals surface area contributed by atoms with Crippen molar-refractivity contribution in [2.75, 3.05) is 13.2 Å². The number of benzene rings is 1. The second-order valence-electron chi connectivity index (χ2n) is 5.22. The largest absolute Gasteiger partial charge is 0.376 e. The Morgan fingerprint density at radius 1 is 1.19 bits per heavy atom. The first kappa shape index (κ1) is 15.6. The molecule has 21 heavy (non-hydrogen) atoms. The summed E-state index contributed by atoms with van der Waals surface area (Å²) in [7, 11) is 0. The number of ether oxygens (including phenoxy) is 1. The van der Waals surface area contributed by atoms with Gasteiger partial charge >= 0.3 is 0 Å². The fraction of sp³-hybridized carbons (Fsp3) is 0.500. The molecule has 1 aliphatic heterocycles. The molecule has 1 aromatic rings. The average molecular weight is 293 g/mol. The standard InChI is InChI=1S/C16H20FNO3/c17-13-6-4-12(5-7-13)15(19)8-9-16(20)18-11-14-3-1-2-10-21-14/h4-7,14H,1-3,8-11H2,(H,18,20)/t14-/m1/s1.